The normalized spacial score (nSPS) is 12.1. The van der Waals surface area contributed by atoms with E-state index in [1.807, 2.05) is 12.1 Å². The molecule has 2 N–H and O–H groups in total. The van der Waals surface area contributed by atoms with E-state index in [4.69, 9.17) is 4.74 Å². The third kappa shape index (κ3) is 7.83. The van der Waals surface area contributed by atoms with Gasteiger partial charge in [-0.3, -0.25) is 14.9 Å². The van der Waals surface area contributed by atoms with E-state index in [1.165, 1.54) is 0 Å². The number of hydrogen-bond donors (Lipinski definition) is 2. The summed E-state index contributed by atoms with van der Waals surface area (Å²) in [5.74, 6) is 1.58. The molecule has 0 atom stereocenters. The highest BCUT2D eigenvalue weighted by Gasteiger charge is 2.12. The standard InChI is InChI=1S/C17H31N5O/c1-14(2)22(15(3)4)11-9-20-17(18-5)21-10-12-23-16-7-6-8-19-13-16/h6-8,13-15H,9-12H2,1-5H3,(H2,18,20,21). The smallest absolute Gasteiger partial charge is 0.191 e. The molecule has 0 bridgehead atoms. The van der Waals surface area contributed by atoms with Crippen LogP contribution in [0.4, 0.5) is 0 Å². The van der Waals surface area contributed by atoms with Crippen LogP contribution in [0.25, 0.3) is 0 Å². The van der Waals surface area contributed by atoms with E-state index in [2.05, 4.69) is 53.2 Å². The van der Waals surface area contributed by atoms with Crippen LogP contribution in [0.3, 0.4) is 0 Å². The van der Waals surface area contributed by atoms with Gasteiger partial charge >= 0.3 is 0 Å². The second-order valence-electron chi connectivity index (χ2n) is 5.89. The zero-order valence-corrected chi connectivity index (χ0v) is 15.0. The molecular formula is C17H31N5O. The van der Waals surface area contributed by atoms with Crippen molar-refractivity contribution in [2.75, 3.05) is 33.3 Å². The predicted molar refractivity (Wildman–Crippen MR) is 96.1 cm³/mol. The maximum atomic E-state index is 5.59. The quantitative estimate of drug-likeness (QED) is 0.412. The molecule has 0 amide bonds. The summed E-state index contributed by atoms with van der Waals surface area (Å²) in [5.41, 5.74) is 0. The van der Waals surface area contributed by atoms with E-state index in [0.717, 1.165) is 24.8 Å². The molecule has 0 aliphatic rings. The lowest BCUT2D eigenvalue weighted by Gasteiger charge is -2.30. The number of aliphatic imine (C=N–C) groups is 1. The Morgan fingerprint density at radius 1 is 1.22 bits per heavy atom. The molecule has 6 nitrogen and oxygen atoms in total. The fourth-order valence-electron chi connectivity index (χ4n) is 2.41. The topological polar surface area (TPSA) is 61.8 Å². The largest absolute Gasteiger partial charge is 0.490 e. The van der Waals surface area contributed by atoms with Crippen molar-refractivity contribution in [2.24, 2.45) is 4.99 Å². The third-order valence-electron chi connectivity index (χ3n) is 3.51. The Bertz CT molecular complexity index is 440. The molecule has 130 valence electrons. The Morgan fingerprint density at radius 2 is 1.91 bits per heavy atom. The van der Waals surface area contributed by atoms with Crippen LogP contribution < -0.4 is 15.4 Å². The highest BCUT2D eigenvalue weighted by molar-refractivity contribution is 5.79. The highest BCUT2D eigenvalue weighted by atomic mass is 16.5. The lowest BCUT2D eigenvalue weighted by molar-refractivity contribution is 0.178. The zero-order chi connectivity index (χ0) is 17.1. The Labute approximate surface area is 140 Å². The third-order valence-corrected chi connectivity index (χ3v) is 3.51. The second kappa shape index (κ2) is 10.8. The molecule has 0 unspecified atom stereocenters. The molecule has 1 aromatic rings. The fraction of sp³-hybridized carbons (Fsp3) is 0.647. The van der Waals surface area contributed by atoms with E-state index in [1.54, 1.807) is 19.4 Å². The van der Waals surface area contributed by atoms with Crippen molar-refractivity contribution in [1.82, 2.24) is 20.5 Å². The lowest BCUT2D eigenvalue weighted by atomic mass is 10.2. The van der Waals surface area contributed by atoms with Crippen molar-refractivity contribution in [3.8, 4) is 5.75 Å². The number of pyridine rings is 1. The number of rotatable bonds is 9. The number of ether oxygens (including phenoxy) is 1. The lowest BCUT2D eigenvalue weighted by Crippen LogP contribution is -2.45. The maximum absolute atomic E-state index is 5.59. The Hall–Kier alpha value is -1.82. The van der Waals surface area contributed by atoms with Crippen LogP contribution >= 0.6 is 0 Å². The van der Waals surface area contributed by atoms with E-state index in [-0.39, 0.29) is 0 Å². The van der Waals surface area contributed by atoms with Crippen LogP contribution in [-0.2, 0) is 0 Å². The van der Waals surface area contributed by atoms with Gasteiger partial charge in [-0.2, -0.15) is 0 Å². The maximum Gasteiger partial charge on any atom is 0.191 e. The Morgan fingerprint density at radius 3 is 2.48 bits per heavy atom. The van der Waals surface area contributed by atoms with Gasteiger partial charge in [-0.15, -0.1) is 0 Å². The van der Waals surface area contributed by atoms with Crippen LogP contribution in [-0.4, -0.2) is 61.2 Å². The molecule has 0 spiro atoms. The number of nitrogens with one attached hydrogen (secondary N) is 2. The van der Waals surface area contributed by atoms with Gasteiger partial charge < -0.3 is 15.4 Å². The number of nitrogens with zero attached hydrogens (tertiary/aromatic N) is 3. The molecule has 0 radical (unpaired) electrons. The van der Waals surface area contributed by atoms with E-state index in [0.29, 0.717) is 25.2 Å². The molecule has 0 aliphatic heterocycles. The molecule has 0 saturated heterocycles. The molecule has 1 heterocycles. The van der Waals surface area contributed by atoms with Gasteiger partial charge in [-0.1, -0.05) is 0 Å². The minimum atomic E-state index is 0.541. The minimum Gasteiger partial charge on any atom is -0.490 e. The van der Waals surface area contributed by atoms with Crippen molar-refractivity contribution in [1.29, 1.82) is 0 Å². The fourth-order valence-corrected chi connectivity index (χ4v) is 2.41. The van der Waals surface area contributed by atoms with Crippen LogP contribution in [0.1, 0.15) is 27.7 Å². The van der Waals surface area contributed by atoms with Gasteiger partial charge in [0.05, 0.1) is 12.7 Å². The molecule has 0 aliphatic carbocycles. The van der Waals surface area contributed by atoms with Gasteiger partial charge in [0.2, 0.25) is 0 Å². The number of aromatic nitrogens is 1. The van der Waals surface area contributed by atoms with Crippen molar-refractivity contribution < 1.29 is 4.74 Å². The Balaban J connectivity index is 2.22. The van der Waals surface area contributed by atoms with Gasteiger partial charge in [0, 0.05) is 38.4 Å². The second-order valence-corrected chi connectivity index (χ2v) is 5.89. The first-order chi connectivity index (χ1) is 11.0. The molecular weight excluding hydrogens is 290 g/mol. The number of guanidine groups is 1. The summed E-state index contributed by atoms with van der Waals surface area (Å²) in [5, 5.41) is 6.58. The van der Waals surface area contributed by atoms with Crippen LogP contribution in [0.2, 0.25) is 0 Å². The van der Waals surface area contributed by atoms with E-state index >= 15 is 0 Å². The molecule has 0 aromatic carbocycles. The van der Waals surface area contributed by atoms with Gasteiger partial charge in [0.25, 0.3) is 0 Å². The minimum absolute atomic E-state index is 0.541. The monoisotopic (exact) mass is 321 g/mol. The molecule has 0 saturated carbocycles. The summed E-state index contributed by atoms with van der Waals surface area (Å²) in [7, 11) is 1.78. The summed E-state index contributed by atoms with van der Waals surface area (Å²) >= 11 is 0. The van der Waals surface area contributed by atoms with Gasteiger partial charge in [-0.05, 0) is 39.8 Å². The summed E-state index contributed by atoms with van der Waals surface area (Å²) in [6, 6.07) is 4.84. The molecule has 0 fully saturated rings. The first-order valence-corrected chi connectivity index (χ1v) is 8.27. The van der Waals surface area contributed by atoms with E-state index in [9.17, 15) is 0 Å². The van der Waals surface area contributed by atoms with Crippen LogP contribution in [0.15, 0.2) is 29.5 Å². The molecule has 23 heavy (non-hydrogen) atoms. The highest BCUT2D eigenvalue weighted by Crippen LogP contribution is 2.05. The van der Waals surface area contributed by atoms with Crippen molar-refractivity contribution in [2.45, 2.75) is 39.8 Å². The summed E-state index contributed by atoms with van der Waals surface area (Å²) in [4.78, 5) is 10.7. The average molecular weight is 321 g/mol. The van der Waals surface area contributed by atoms with Crippen molar-refractivity contribution >= 4 is 5.96 Å². The van der Waals surface area contributed by atoms with Gasteiger partial charge in [0.1, 0.15) is 12.4 Å². The van der Waals surface area contributed by atoms with Crippen molar-refractivity contribution in [3.63, 3.8) is 0 Å². The van der Waals surface area contributed by atoms with Gasteiger partial charge in [-0.25, -0.2) is 0 Å². The first kappa shape index (κ1) is 19.2. The van der Waals surface area contributed by atoms with Crippen LogP contribution in [0, 0.1) is 0 Å². The SMILES string of the molecule is CN=C(NCCOc1cccnc1)NCCN(C(C)C)C(C)C. The summed E-state index contributed by atoms with van der Waals surface area (Å²) in [6.07, 6.45) is 3.44. The van der Waals surface area contributed by atoms with Crippen molar-refractivity contribution in [3.05, 3.63) is 24.5 Å². The van der Waals surface area contributed by atoms with Crippen LogP contribution in [0.5, 0.6) is 5.75 Å². The molecule has 6 heteroatoms. The van der Waals surface area contributed by atoms with E-state index < -0.39 is 0 Å². The summed E-state index contributed by atoms with van der Waals surface area (Å²) in [6.45, 7) is 12.0. The predicted octanol–water partition coefficient (Wildman–Crippen LogP) is 1.74. The molecule has 1 rings (SSSR count). The zero-order valence-electron chi connectivity index (χ0n) is 15.0. The number of hydrogen-bond acceptors (Lipinski definition) is 4. The summed E-state index contributed by atoms with van der Waals surface area (Å²) < 4.78 is 5.59. The van der Waals surface area contributed by atoms with Gasteiger partial charge in [0.15, 0.2) is 5.96 Å². The first-order valence-electron chi connectivity index (χ1n) is 8.27. The average Bonchev–Trinajstić information content (AvgIpc) is 2.53. The molecule has 1 aromatic heterocycles. The Kier molecular flexibility index (Phi) is 9.05.